The van der Waals surface area contributed by atoms with E-state index in [1.165, 1.54) is 19.9 Å². The van der Waals surface area contributed by atoms with E-state index in [1.54, 1.807) is 6.07 Å². The monoisotopic (exact) mass is 426 g/mol. The molecule has 1 atom stereocenters. The second-order valence-corrected chi connectivity index (χ2v) is 7.05. The van der Waals surface area contributed by atoms with Crippen LogP contribution >= 0.6 is 22.6 Å². The molecule has 0 saturated carbocycles. The Morgan fingerprint density at radius 2 is 2.26 bits per heavy atom. The lowest BCUT2D eigenvalue weighted by Gasteiger charge is -2.30. The summed E-state index contributed by atoms with van der Waals surface area (Å²) in [6.45, 7) is 2.12. The molecule has 1 aliphatic rings. The maximum Gasteiger partial charge on any atom is 0.340 e. The number of likely N-dealkylation sites (tertiary alicyclic amines) is 1. The fourth-order valence-electron chi connectivity index (χ4n) is 2.99. The van der Waals surface area contributed by atoms with Gasteiger partial charge in [-0.1, -0.05) is 0 Å². The van der Waals surface area contributed by atoms with Crippen molar-refractivity contribution in [1.29, 1.82) is 0 Å². The molecule has 0 bridgehead atoms. The van der Waals surface area contributed by atoms with Crippen molar-refractivity contribution < 1.29 is 9.53 Å². The Kier molecular flexibility index (Phi) is 4.96. The van der Waals surface area contributed by atoms with E-state index in [0.29, 0.717) is 17.1 Å². The quantitative estimate of drug-likeness (QED) is 0.601. The predicted octanol–water partition coefficient (Wildman–Crippen LogP) is 2.53. The van der Waals surface area contributed by atoms with Gasteiger partial charge < -0.3 is 15.0 Å². The van der Waals surface area contributed by atoms with E-state index >= 15 is 0 Å². The SMILES string of the molecule is COC(=O)c1cc(I)cc2c(NC3CCCN(C)C3)ncnc12. The van der Waals surface area contributed by atoms with Crippen LogP contribution in [0.2, 0.25) is 0 Å². The summed E-state index contributed by atoms with van der Waals surface area (Å²) in [5.74, 6) is 0.398. The number of nitrogens with zero attached hydrogens (tertiary/aromatic N) is 3. The Morgan fingerprint density at radius 1 is 1.43 bits per heavy atom. The molecular formula is C16H19IN4O2. The Balaban J connectivity index is 2.01. The highest BCUT2D eigenvalue weighted by Crippen LogP contribution is 2.27. The van der Waals surface area contributed by atoms with Crippen molar-refractivity contribution in [2.75, 3.05) is 32.6 Å². The molecule has 1 aromatic heterocycles. The van der Waals surface area contributed by atoms with Crippen LogP contribution in [-0.2, 0) is 4.74 Å². The molecule has 1 aromatic carbocycles. The van der Waals surface area contributed by atoms with Crippen molar-refractivity contribution in [3.05, 3.63) is 27.6 Å². The van der Waals surface area contributed by atoms with Crippen LogP contribution in [0.25, 0.3) is 10.9 Å². The van der Waals surface area contributed by atoms with Crippen LogP contribution in [0.5, 0.6) is 0 Å². The molecule has 6 nitrogen and oxygen atoms in total. The van der Waals surface area contributed by atoms with Gasteiger partial charge in [0, 0.05) is 21.5 Å². The van der Waals surface area contributed by atoms with Crippen LogP contribution in [0.15, 0.2) is 18.5 Å². The third kappa shape index (κ3) is 3.55. The molecule has 23 heavy (non-hydrogen) atoms. The number of aromatic nitrogens is 2. The summed E-state index contributed by atoms with van der Waals surface area (Å²) in [6, 6.07) is 4.14. The van der Waals surface area contributed by atoms with Gasteiger partial charge >= 0.3 is 5.97 Å². The molecule has 1 fully saturated rings. The van der Waals surface area contributed by atoms with Gasteiger partial charge in [0.15, 0.2) is 0 Å². The van der Waals surface area contributed by atoms with E-state index in [0.717, 1.165) is 34.3 Å². The third-order valence-corrected chi connectivity index (χ3v) is 4.70. The first-order chi connectivity index (χ1) is 11.1. The Hall–Kier alpha value is -1.48. The fraction of sp³-hybridized carbons (Fsp3) is 0.438. The first kappa shape index (κ1) is 16.4. The highest BCUT2D eigenvalue weighted by atomic mass is 127. The zero-order chi connectivity index (χ0) is 16.4. The van der Waals surface area contributed by atoms with Crippen LogP contribution in [0.4, 0.5) is 5.82 Å². The molecular weight excluding hydrogens is 407 g/mol. The molecule has 0 amide bonds. The number of carbonyl (C=O) groups excluding carboxylic acids is 1. The van der Waals surface area contributed by atoms with Crippen LogP contribution in [-0.4, -0.2) is 54.1 Å². The van der Waals surface area contributed by atoms with Gasteiger partial charge in [-0.2, -0.15) is 0 Å². The number of benzene rings is 1. The molecule has 1 unspecified atom stereocenters. The van der Waals surface area contributed by atoms with Crippen LogP contribution in [0.1, 0.15) is 23.2 Å². The highest BCUT2D eigenvalue weighted by Gasteiger charge is 2.20. The maximum atomic E-state index is 12.0. The topological polar surface area (TPSA) is 67.3 Å². The average molecular weight is 426 g/mol. The number of hydrogen-bond acceptors (Lipinski definition) is 6. The average Bonchev–Trinajstić information content (AvgIpc) is 2.54. The normalized spacial score (nSPS) is 18.8. The summed E-state index contributed by atoms with van der Waals surface area (Å²) in [5.41, 5.74) is 1.10. The number of anilines is 1. The summed E-state index contributed by atoms with van der Waals surface area (Å²) < 4.78 is 5.83. The molecule has 3 rings (SSSR count). The minimum Gasteiger partial charge on any atom is -0.465 e. The van der Waals surface area contributed by atoms with E-state index in [9.17, 15) is 4.79 Å². The number of fused-ring (bicyclic) bond motifs is 1. The summed E-state index contributed by atoms with van der Waals surface area (Å²) in [7, 11) is 3.51. The number of hydrogen-bond donors (Lipinski definition) is 1. The number of ether oxygens (including phenoxy) is 1. The lowest BCUT2D eigenvalue weighted by Crippen LogP contribution is -2.39. The van der Waals surface area contributed by atoms with Gasteiger partial charge in [0.1, 0.15) is 12.1 Å². The van der Waals surface area contributed by atoms with Crippen molar-refractivity contribution in [2.45, 2.75) is 18.9 Å². The van der Waals surface area contributed by atoms with E-state index < -0.39 is 0 Å². The standard InChI is InChI=1S/C16H19IN4O2/c1-21-5-3-4-11(8-21)20-15-12-6-10(17)7-13(16(22)23-2)14(12)18-9-19-15/h6-7,9,11H,3-5,8H2,1-2H3,(H,18,19,20). The summed E-state index contributed by atoms with van der Waals surface area (Å²) >= 11 is 2.19. The second kappa shape index (κ2) is 6.96. The number of halogens is 1. The van der Waals surface area contributed by atoms with Crippen molar-refractivity contribution >= 4 is 45.3 Å². The molecule has 1 aliphatic heterocycles. The number of methoxy groups -OCH3 is 1. The molecule has 7 heteroatoms. The lowest BCUT2D eigenvalue weighted by molar-refractivity contribution is 0.0602. The number of likely N-dealkylation sites (N-methyl/N-ethyl adjacent to an activating group) is 1. The second-order valence-electron chi connectivity index (χ2n) is 5.81. The molecule has 1 saturated heterocycles. The smallest absolute Gasteiger partial charge is 0.340 e. The number of nitrogens with one attached hydrogen (secondary N) is 1. The first-order valence-corrected chi connectivity index (χ1v) is 8.64. The number of piperidine rings is 1. The van der Waals surface area contributed by atoms with E-state index in [4.69, 9.17) is 4.74 Å². The van der Waals surface area contributed by atoms with Gasteiger partial charge in [0.2, 0.25) is 0 Å². The van der Waals surface area contributed by atoms with Gasteiger partial charge in [-0.15, -0.1) is 0 Å². The largest absolute Gasteiger partial charge is 0.465 e. The highest BCUT2D eigenvalue weighted by molar-refractivity contribution is 14.1. The third-order valence-electron chi connectivity index (χ3n) is 4.07. The van der Waals surface area contributed by atoms with Crippen LogP contribution < -0.4 is 5.32 Å². The molecule has 0 spiro atoms. The number of carbonyl (C=O) groups is 1. The Bertz CT molecular complexity index is 737. The fourth-order valence-corrected chi connectivity index (χ4v) is 3.61. The minimum atomic E-state index is -0.379. The first-order valence-electron chi connectivity index (χ1n) is 7.56. The van der Waals surface area contributed by atoms with Gasteiger partial charge in [0.05, 0.1) is 18.2 Å². The maximum absolute atomic E-state index is 12.0. The van der Waals surface area contributed by atoms with Crippen molar-refractivity contribution in [1.82, 2.24) is 14.9 Å². The van der Waals surface area contributed by atoms with E-state index in [1.807, 2.05) is 6.07 Å². The van der Waals surface area contributed by atoms with Crippen LogP contribution in [0, 0.1) is 3.57 Å². The summed E-state index contributed by atoms with van der Waals surface area (Å²) in [6.07, 6.45) is 3.78. The molecule has 122 valence electrons. The number of rotatable bonds is 3. The molecule has 2 aromatic rings. The van der Waals surface area contributed by atoms with Crippen molar-refractivity contribution in [2.24, 2.45) is 0 Å². The zero-order valence-electron chi connectivity index (χ0n) is 13.2. The van der Waals surface area contributed by atoms with E-state index in [2.05, 4.69) is 49.8 Å². The van der Waals surface area contributed by atoms with Crippen molar-refractivity contribution in [3.8, 4) is 0 Å². The summed E-state index contributed by atoms with van der Waals surface area (Å²) in [4.78, 5) is 23.0. The minimum absolute atomic E-state index is 0.353. The molecule has 0 aliphatic carbocycles. The number of esters is 1. The zero-order valence-corrected chi connectivity index (χ0v) is 15.3. The Morgan fingerprint density at radius 3 is 3.00 bits per heavy atom. The van der Waals surface area contributed by atoms with Gasteiger partial charge in [0.25, 0.3) is 0 Å². The lowest BCUT2D eigenvalue weighted by atomic mass is 10.1. The molecule has 0 radical (unpaired) electrons. The molecule has 2 heterocycles. The van der Waals surface area contributed by atoms with Crippen molar-refractivity contribution in [3.63, 3.8) is 0 Å². The van der Waals surface area contributed by atoms with Gasteiger partial charge in [-0.05, 0) is 61.2 Å². The Labute approximate surface area is 148 Å². The van der Waals surface area contributed by atoms with Crippen LogP contribution in [0.3, 0.4) is 0 Å². The molecule has 1 N–H and O–H groups in total. The van der Waals surface area contributed by atoms with Gasteiger partial charge in [-0.25, -0.2) is 14.8 Å². The van der Waals surface area contributed by atoms with Gasteiger partial charge in [-0.3, -0.25) is 0 Å². The predicted molar refractivity (Wildman–Crippen MR) is 97.7 cm³/mol. The van der Waals surface area contributed by atoms with E-state index in [-0.39, 0.29) is 5.97 Å². The summed E-state index contributed by atoms with van der Waals surface area (Å²) in [5, 5.41) is 4.37.